The van der Waals surface area contributed by atoms with Crippen molar-refractivity contribution in [2.24, 2.45) is 0 Å². The molecule has 2 nitrogen and oxygen atoms in total. The van der Waals surface area contributed by atoms with E-state index in [1.807, 2.05) is 42.5 Å². The van der Waals surface area contributed by atoms with Gasteiger partial charge < -0.3 is 9.84 Å². The average Bonchev–Trinajstić information content (AvgIpc) is 2.54. The van der Waals surface area contributed by atoms with Gasteiger partial charge in [0.1, 0.15) is 0 Å². The molecular weight excluding hydrogens is 260 g/mol. The van der Waals surface area contributed by atoms with Gasteiger partial charge in [-0.25, -0.2) is 0 Å². The lowest BCUT2D eigenvalue weighted by Gasteiger charge is -2.32. The van der Waals surface area contributed by atoms with Crippen molar-refractivity contribution < 1.29 is 9.84 Å². The van der Waals surface area contributed by atoms with Crippen LogP contribution in [0.25, 0.3) is 6.08 Å². The second kappa shape index (κ2) is 6.70. The van der Waals surface area contributed by atoms with Crippen molar-refractivity contribution in [3.63, 3.8) is 0 Å². The predicted molar refractivity (Wildman–Crippen MR) is 84.8 cm³/mol. The van der Waals surface area contributed by atoms with Gasteiger partial charge in [0.25, 0.3) is 0 Å². The van der Waals surface area contributed by atoms with E-state index < -0.39 is 0 Å². The van der Waals surface area contributed by atoms with E-state index in [0.29, 0.717) is 12.8 Å². The van der Waals surface area contributed by atoms with E-state index >= 15 is 0 Å². The number of hydrogen-bond acceptors (Lipinski definition) is 2. The van der Waals surface area contributed by atoms with Crippen LogP contribution >= 0.6 is 0 Å². The van der Waals surface area contributed by atoms with Crippen molar-refractivity contribution in [3.8, 4) is 0 Å². The zero-order valence-corrected chi connectivity index (χ0v) is 11.9. The summed E-state index contributed by atoms with van der Waals surface area (Å²) in [5.41, 5.74) is 2.28. The summed E-state index contributed by atoms with van der Waals surface area (Å²) in [6.07, 6.45) is 5.05. The molecule has 1 N–H and O–H groups in total. The number of benzene rings is 2. The Labute approximate surface area is 125 Å². The molecule has 1 saturated heterocycles. The molecule has 3 atom stereocenters. The normalized spacial score (nSPS) is 26.0. The van der Waals surface area contributed by atoms with Crippen LogP contribution in [0, 0.1) is 0 Å². The van der Waals surface area contributed by atoms with Gasteiger partial charge in [0.2, 0.25) is 0 Å². The molecule has 3 rings (SSSR count). The third-order valence-corrected chi connectivity index (χ3v) is 3.80. The summed E-state index contributed by atoms with van der Waals surface area (Å²) in [5, 5.41) is 10.1. The van der Waals surface area contributed by atoms with Crippen molar-refractivity contribution in [2.75, 3.05) is 0 Å². The summed E-state index contributed by atoms with van der Waals surface area (Å²) in [6.45, 7) is 0. The third kappa shape index (κ3) is 3.81. The number of hydrogen-bond donors (Lipinski definition) is 1. The number of aliphatic hydroxyl groups excluding tert-OH is 1. The molecule has 1 fully saturated rings. The van der Waals surface area contributed by atoms with E-state index in [2.05, 4.69) is 30.3 Å². The van der Waals surface area contributed by atoms with Gasteiger partial charge in [0, 0.05) is 12.8 Å². The number of aliphatic hydroxyl groups is 1. The lowest BCUT2D eigenvalue weighted by Crippen LogP contribution is -2.30. The van der Waals surface area contributed by atoms with Crippen LogP contribution in [-0.4, -0.2) is 17.3 Å². The highest BCUT2D eigenvalue weighted by atomic mass is 16.5. The molecule has 0 radical (unpaired) electrons. The van der Waals surface area contributed by atoms with Crippen molar-refractivity contribution in [3.05, 3.63) is 77.9 Å². The first-order valence-electron chi connectivity index (χ1n) is 7.43. The molecule has 0 unspecified atom stereocenters. The Morgan fingerprint density at radius 2 is 1.57 bits per heavy atom. The van der Waals surface area contributed by atoms with Gasteiger partial charge in [-0.3, -0.25) is 0 Å². The van der Waals surface area contributed by atoms with Crippen LogP contribution in [-0.2, 0) is 4.74 Å². The quantitative estimate of drug-likeness (QED) is 0.921. The van der Waals surface area contributed by atoms with Crippen LogP contribution in [0.2, 0.25) is 0 Å². The highest BCUT2D eigenvalue weighted by Gasteiger charge is 2.27. The molecule has 21 heavy (non-hydrogen) atoms. The summed E-state index contributed by atoms with van der Waals surface area (Å²) in [4.78, 5) is 0. The molecule has 0 amide bonds. The Morgan fingerprint density at radius 3 is 2.29 bits per heavy atom. The van der Waals surface area contributed by atoms with E-state index in [9.17, 15) is 5.11 Å². The average molecular weight is 280 g/mol. The largest absolute Gasteiger partial charge is 0.393 e. The van der Waals surface area contributed by atoms with Gasteiger partial charge in [-0.1, -0.05) is 72.8 Å². The molecule has 1 aliphatic heterocycles. The van der Waals surface area contributed by atoms with Crippen molar-refractivity contribution >= 4 is 6.08 Å². The van der Waals surface area contributed by atoms with Crippen molar-refractivity contribution in [1.29, 1.82) is 0 Å². The number of rotatable bonds is 3. The summed E-state index contributed by atoms with van der Waals surface area (Å²) in [6, 6.07) is 20.3. The van der Waals surface area contributed by atoms with Crippen LogP contribution in [0.1, 0.15) is 30.1 Å². The van der Waals surface area contributed by atoms with Gasteiger partial charge in [-0.2, -0.15) is 0 Å². The minimum Gasteiger partial charge on any atom is -0.393 e. The first-order valence-corrected chi connectivity index (χ1v) is 7.43. The maximum Gasteiger partial charge on any atom is 0.0857 e. The van der Waals surface area contributed by atoms with Gasteiger partial charge in [0.05, 0.1) is 18.3 Å². The van der Waals surface area contributed by atoms with E-state index in [4.69, 9.17) is 4.74 Å². The standard InChI is InChI=1S/C19H20O2/c20-17-13-18(12-11-15-7-3-1-4-8-15)21-19(14-17)16-9-5-2-6-10-16/h1-12,17-20H,13-14H2/b12-11+/t17-,18+,19+/m1/s1. The Bertz CT molecular complexity index is 577. The molecular formula is C19H20O2. The van der Waals surface area contributed by atoms with Gasteiger partial charge in [-0.05, 0) is 11.1 Å². The SMILES string of the molecule is O[C@H]1C[C@@H](c2ccccc2)O[C@@H](/C=C/c2ccccc2)C1. The first-order chi connectivity index (χ1) is 10.3. The molecule has 2 aromatic carbocycles. The molecule has 0 aliphatic carbocycles. The fourth-order valence-electron chi connectivity index (χ4n) is 2.72. The monoisotopic (exact) mass is 280 g/mol. The second-order valence-corrected chi connectivity index (χ2v) is 5.47. The maximum absolute atomic E-state index is 10.1. The Morgan fingerprint density at radius 1 is 0.905 bits per heavy atom. The van der Waals surface area contributed by atoms with E-state index in [1.54, 1.807) is 0 Å². The second-order valence-electron chi connectivity index (χ2n) is 5.47. The molecule has 0 aromatic heterocycles. The van der Waals surface area contributed by atoms with Crippen molar-refractivity contribution in [1.82, 2.24) is 0 Å². The van der Waals surface area contributed by atoms with Crippen LogP contribution in [0.4, 0.5) is 0 Å². The smallest absolute Gasteiger partial charge is 0.0857 e. The highest BCUT2D eigenvalue weighted by Crippen LogP contribution is 2.32. The maximum atomic E-state index is 10.1. The first kappa shape index (κ1) is 14.1. The van der Waals surface area contributed by atoms with Gasteiger partial charge in [0.15, 0.2) is 0 Å². The Kier molecular flexibility index (Phi) is 4.49. The predicted octanol–water partition coefficient (Wildman–Crippen LogP) is 3.98. The molecule has 0 spiro atoms. The highest BCUT2D eigenvalue weighted by molar-refractivity contribution is 5.49. The summed E-state index contributed by atoms with van der Waals surface area (Å²) < 4.78 is 6.12. The topological polar surface area (TPSA) is 29.5 Å². The molecule has 2 heteroatoms. The van der Waals surface area contributed by atoms with Crippen LogP contribution < -0.4 is 0 Å². The summed E-state index contributed by atoms with van der Waals surface area (Å²) in [5.74, 6) is 0. The lowest BCUT2D eigenvalue weighted by molar-refractivity contribution is -0.0774. The van der Waals surface area contributed by atoms with Crippen molar-refractivity contribution in [2.45, 2.75) is 31.2 Å². The van der Waals surface area contributed by atoms with E-state index in [-0.39, 0.29) is 18.3 Å². The molecule has 108 valence electrons. The molecule has 2 aromatic rings. The lowest BCUT2D eigenvalue weighted by atomic mass is 9.95. The molecule has 1 heterocycles. The zero-order valence-electron chi connectivity index (χ0n) is 11.9. The number of ether oxygens (including phenoxy) is 1. The van der Waals surface area contributed by atoms with Crippen LogP contribution in [0.5, 0.6) is 0 Å². The summed E-state index contributed by atoms with van der Waals surface area (Å²) >= 11 is 0. The Hall–Kier alpha value is -1.90. The van der Waals surface area contributed by atoms with Crippen LogP contribution in [0.15, 0.2) is 66.7 Å². The summed E-state index contributed by atoms with van der Waals surface area (Å²) in [7, 11) is 0. The minimum atomic E-state index is -0.311. The fraction of sp³-hybridized carbons (Fsp3) is 0.263. The third-order valence-electron chi connectivity index (χ3n) is 3.80. The zero-order chi connectivity index (χ0) is 14.5. The van der Waals surface area contributed by atoms with Crippen LogP contribution in [0.3, 0.4) is 0 Å². The van der Waals surface area contributed by atoms with E-state index in [1.165, 1.54) is 0 Å². The van der Waals surface area contributed by atoms with Gasteiger partial charge in [-0.15, -0.1) is 0 Å². The van der Waals surface area contributed by atoms with Gasteiger partial charge >= 0.3 is 0 Å². The van der Waals surface area contributed by atoms with E-state index in [0.717, 1.165) is 11.1 Å². The fourth-order valence-corrected chi connectivity index (χ4v) is 2.72. The minimum absolute atomic E-state index is 0.0274. The molecule has 0 saturated carbocycles. The molecule has 1 aliphatic rings. The Balaban J connectivity index is 1.70. The molecule has 0 bridgehead atoms.